The normalized spacial score (nSPS) is 15.7. The molecule has 5 nitrogen and oxygen atoms in total. The van der Waals surface area contributed by atoms with Crippen LogP contribution in [0.3, 0.4) is 0 Å². The van der Waals surface area contributed by atoms with Gasteiger partial charge in [-0.05, 0) is 53.4 Å². The fraction of sp³-hybridized carbons (Fsp3) is 0.227. The molecule has 28 heavy (non-hydrogen) atoms. The first kappa shape index (κ1) is 18.5. The van der Waals surface area contributed by atoms with Crippen LogP contribution in [0.25, 0.3) is 10.8 Å². The lowest BCUT2D eigenvalue weighted by Gasteiger charge is -2.18. The van der Waals surface area contributed by atoms with Gasteiger partial charge in [0.05, 0.1) is 17.9 Å². The molecular formula is C22H22N2O3S. The maximum Gasteiger partial charge on any atom is 0.235 e. The van der Waals surface area contributed by atoms with Gasteiger partial charge in [-0.15, -0.1) is 0 Å². The molecule has 1 aliphatic rings. The molecule has 0 aromatic heterocycles. The maximum absolute atomic E-state index is 12.6. The van der Waals surface area contributed by atoms with Gasteiger partial charge in [0.1, 0.15) is 0 Å². The van der Waals surface area contributed by atoms with Crippen LogP contribution in [0.1, 0.15) is 17.5 Å². The van der Waals surface area contributed by atoms with Gasteiger partial charge in [-0.25, -0.2) is 8.42 Å². The van der Waals surface area contributed by atoms with Crippen LogP contribution in [0.5, 0.6) is 0 Å². The molecule has 1 aliphatic heterocycles. The first-order valence-electron chi connectivity index (χ1n) is 9.32. The van der Waals surface area contributed by atoms with Crippen molar-refractivity contribution in [3.05, 3.63) is 71.8 Å². The van der Waals surface area contributed by atoms with Crippen LogP contribution in [-0.4, -0.2) is 26.6 Å². The summed E-state index contributed by atoms with van der Waals surface area (Å²) in [7, 11) is -3.21. The highest BCUT2D eigenvalue weighted by atomic mass is 32.2. The summed E-state index contributed by atoms with van der Waals surface area (Å²) in [6.07, 6.45) is 0.925. The zero-order valence-corrected chi connectivity index (χ0v) is 16.5. The Bertz CT molecular complexity index is 1150. The van der Waals surface area contributed by atoms with Crippen LogP contribution in [0, 0.1) is 6.92 Å². The van der Waals surface area contributed by atoms with E-state index in [0.29, 0.717) is 24.3 Å². The Balaban J connectivity index is 1.52. The van der Waals surface area contributed by atoms with E-state index in [1.807, 2.05) is 55.5 Å². The van der Waals surface area contributed by atoms with E-state index >= 15 is 0 Å². The van der Waals surface area contributed by atoms with E-state index in [2.05, 4.69) is 5.32 Å². The van der Waals surface area contributed by atoms with Crippen molar-refractivity contribution in [2.75, 3.05) is 21.9 Å². The Labute approximate surface area is 165 Å². The number of anilines is 2. The molecule has 144 valence electrons. The van der Waals surface area contributed by atoms with E-state index in [0.717, 1.165) is 21.9 Å². The average Bonchev–Trinajstić information content (AvgIpc) is 3.03. The fourth-order valence-electron chi connectivity index (χ4n) is 3.69. The molecule has 0 unspecified atom stereocenters. The van der Waals surface area contributed by atoms with Crippen LogP contribution in [0.15, 0.2) is 60.7 Å². The minimum absolute atomic E-state index is 0.0963. The summed E-state index contributed by atoms with van der Waals surface area (Å²) >= 11 is 0. The smallest absolute Gasteiger partial charge is 0.235 e. The van der Waals surface area contributed by atoms with E-state index in [1.165, 1.54) is 4.31 Å². The molecule has 1 saturated heterocycles. The predicted octanol–water partition coefficient (Wildman–Crippen LogP) is 3.87. The lowest BCUT2D eigenvalue weighted by molar-refractivity contribution is -0.115. The number of carbonyl (C=O) groups is 1. The average molecular weight is 394 g/mol. The zero-order valence-electron chi connectivity index (χ0n) is 15.7. The largest absolute Gasteiger partial charge is 0.326 e. The highest BCUT2D eigenvalue weighted by molar-refractivity contribution is 7.93. The number of hydrogen-bond donors (Lipinski definition) is 1. The number of aryl methyl sites for hydroxylation is 1. The summed E-state index contributed by atoms with van der Waals surface area (Å²) < 4.78 is 25.7. The minimum atomic E-state index is -3.21. The minimum Gasteiger partial charge on any atom is -0.326 e. The van der Waals surface area contributed by atoms with Crippen LogP contribution in [0.2, 0.25) is 0 Å². The van der Waals surface area contributed by atoms with Crippen LogP contribution in [0.4, 0.5) is 11.4 Å². The number of sulfonamides is 1. The van der Waals surface area contributed by atoms with Crippen molar-refractivity contribution in [2.24, 2.45) is 0 Å². The molecule has 1 fully saturated rings. The number of nitrogens with one attached hydrogen (secondary N) is 1. The van der Waals surface area contributed by atoms with Gasteiger partial charge < -0.3 is 5.32 Å². The number of carbonyl (C=O) groups excluding carboxylic acids is 1. The van der Waals surface area contributed by atoms with Crippen LogP contribution < -0.4 is 9.62 Å². The highest BCUT2D eigenvalue weighted by Crippen LogP contribution is 2.28. The molecule has 4 rings (SSSR count). The molecule has 0 radical (unpaired) electrons. The second kappa shape index (κ2) is 7.28. The van der Waals surface area contributed by atoms with Gasteiger partial charge in [-0.3, -0.25) is 9.10 Å². The zero-order chi connectivity index (χ0) is 19.7. The van der Waals surface area contributed by atoms with Gasteiger partial charge >= 0.3 is 0 Å². The van der Waals surface area contributed by atoms with E-state index in [1.54, 1.807) is 12.1 Å². The summed E-state index contributed by atoms with van der Waals surface area (Å²) in [6.45, 7) is 2.38. The molecule has 0 atom stereocenters. The van der Waals surface area contributed by atoms with Crippen molar-refractivity contribution < 1.29 is 13.2 Å². The first-order chi connectivity index (χ1) is 13.4. The third kappa shape index (κ3) is 3.60. The number of rotatable bonds is 4. The first-order valence-corrected chi connectivity index (χ1v) is 10.9. The predicted molar refractivity (Wildman–Crippen MR) is 113 cm³/mol. The van der Waals surface area contributed by atoms with Gasteiger partial charge in [-0.2, -0.15) is 0 Å². The molecule has 0 bridgehead atoms. The summed E-state index contributed by atoms with van der Waals surface area (Å²) in [6, 6.07) is 19.3. The summed E-state index contributed by atoms with van der Waals surface area (Å²) in [5.74, 6) is 0.0937. The van der Waals surface area contributed by atoms with E-state index < -0.39 is 10.0 Å². The summed E-state index contributed by atoms with van der Waals surface area (Å²) in [5, 5.41) is 5.14. The molecular weight excluding hydrogens is 372 g/mol. The van der Waals surface area contributed by atoms with Gasteiger partial charge in [0.25, 0.3) is 0 Å². The lowest BCUT2D eigenvalue weighted by Crippen LogP contribution is -2.25. The van der Waals surface area contributed by atoms with Gasteiger partial charge in [0.15, 0.2) is 0 Å². The lowest BCUT2D eigenvalue weighted by atomic mass is 10.0. The Morgan fingerprint density at radius 2 is 1.86 bits per heavy atom. The second-order valence-electron chi connectivity index (χ2n) is 7.10. The Morgan fingerprint density at radius 3 is 2.61 bits per heavy atom. The molecule has 3 aromatic carbocycles. The number of benzene rings is 3. The maximum atomic E-state index is 12.6. The quantitative estimate of drug-likeness (QED) is 0.730. The van der Waals surface area contributed by atoms with E-state index in [9.17, 15) is 13.2 Å². The van der Waals surface area contributed by atoms with Crippen molar-refractivity contribution in [2.45, 2.75) is 19.8 Å². The third-order valence-electron chi connectivity index (χ3n) is 5.10. The van der Waals surface area contributed by atoms with Crippen molar-refractivity contribution in [1.82, 2.24) is 0 Å². The fourth-order valence-corrected chi connectivity index (χ4v) is 5.24. The Kier molecular flexibility index (Phi) is 4.81. The molecule has 0 spiro atoms. The van der Waals surface area contributed by atoms with Gasteiger partial charge in [0.2, 0.25) is 15.9 Å². The molecule has 3 aromatic rings. The van der Waals surface area contributed by atoms with Crippen molar-refractivity contribution in [3.63, 3.8) is 0 Å². The highest BCUT2D eigenvalue weighted by Gasteiger charge is 2.28. The number of fused-ring (bicyclic) bond motifs is 1. The Morgan fingerprint density at radius 1 is 1.07 bits per heavy atom. The van der Waals surface area contributed by atoms with Crippen molar-refractivity contribution >= 4 is 38.1 Å². The molecule has 1 N–H and O–H groups in total. The number of amides is 1. The monoisotopic (exact) mass is 394 g/mol. The molecule has 0 saturated carbocycles. The molecule has 1 heterocycles. The van der Waals surface area contributed by atoms with Gasteiger partial charge in [0, 0.05) is 12.2 Å². The number of nitrogens with zero attached hydrogens (tertiary/aromatic N) is 1. The molecule has 0 aliphatic carbocycles. The molecule has 6 heteroatoms. The standard InChI is InChI=1S/C22H22N2O3S/c1-16-14-19(24-12-5-13-28(24,26)27)10-11-21(16)23-22(25)15-18-8-4-7-17-6-2-3-9-20(17)18/h2-4,6-11,14H,5,12-13,15H2,1H3,(H,23,25). The molecule has 1 amide bonds. The van der Waals surface area contributed by atoms with E-state index in [4.69, 9.17) is 0 Å². The van der Waals surface area contributed by atoms with Crippen molar-refractivity contribution in [3.8, 4) is 0 Å². The van der Waals surface area contributed by atoms with E-state index in [-0.39, 0.29) is 18.1 Å². The third-order valence-corrected chi connectivity index (χ3v) is 6.97. The number of hydrogen-bond acceptors (Lipinski definition) is 3. The van der Waals surface area contributed by atoms with Crippen LogP contribution in [-0.2, 0) is 21.2 Å². The Hall–Kier alpha value is -2.86. The SMILES string of the molecule is Cc1cc(N2CCCS2(=O)=O)ccc1NC(=O)Cc1cccc2ccccc12. The topological polar surface area (TPSA) is 66.5 Å². The second-order valence-corrected chi connectivity index (χ2v) is 9.12. The van der Waals surface area contributed by atoms with Crippen LogP contribution >= 0.6 is 0 Å². The van der Waals surface area contributed by atoms with Gasteiger partial charge in [-0.1, -0.05) is 42.5 Å². The van der Waals surface area contributed by atoms with Crippen molar-refractivity contribution in [1.29, 1.82) is 0 Å². The summed E-state index contributed by atoms with van der Waals surface area (Å²) in [5.41, 5.74) is 3.17. The summed E-state index contributed by atoms with van der Waals surface area (Å²) in [4.78, 5) is 12.6.